The predicted octanol–water partition coefficient (Wildman–Crippen LogP) is 4.02. The number of nitrogens with two attached hydrogens (primary N) is 1. The minimum atomic E-state index is -4.81. The van der Waals surface area contributed by atoms with Gasteiger partial charge in [-0.2, -0.15) is 13.2 Å². The molecule has 2 rings (SSSR count). The number of halogens is 4. The largest absolute Gasteiger partial charge is 0.418 e. The van der Waals surface area contributed by atoms with Gasteiger partial charge in [-0.3, -0.25) is 10.1 Å². The van der Waals surface area contributed by atoms with Gasteiger partial charge in [-0.05, 0) is 17.8 Å². The zero-order valence-corrected chi connectivity index (χ0v) is 14.8. The number of nitro groups is 1. The highest BCUT2D eigenvalue weighted by atomic mass is 35.5. The third-order valence-electron chi connectivity index (χ3n) is 3.09. The van der Waals surface area contributed by atoms with Gasteiger partial charge in [0.15, 0.2) is 5.82 Å². The van der Waals surface area contributed by atoms with Gasteiger partial charge in [0.25, 0.3) is 5.69 Å². The van der Waals surface area contributed by atoms with E-state index in [1.165, 1.54) is 0 Å². The molecule has 0 amide bonds. The van der Waals surface area contributed by atoms with Crippen LogP contribution in [0.3, 0.4) is 0 Å². The lowest BCUT2D eigenvalue weighted by Crippen LogP contribution is -2.24. The summed E-state index contributed by atoms with van der Waals surface area (Å²) in [6.45, 7) is 5.52. The van der Waals surface area contributed by atoms with Gasteiger partial charge in [0.05, 0.1) is 20.4 Å². The second-order valence-electron chi connectivity index (χ2n) is 6.08. The molecule has 2 N–H and O–H groups in total. The molecule has 25 heavy (non-hydrogen) atoms. The van der Waals surface area contributed by atoms with Gasteiger partial charge >= 0.3 is 6.18 Å². The monoisotopic (exact) mass is 395 g/mol. The molecule has 1 heterocycles. The zero-order valence-electron chi connectivity index (χ0n) is 13.3. The predicted molar refractivity (Wildman–Crippen MR) is 86.1 cm³/mol. The van der Waals surface area contributed by atoms with Gasteiger partial charge in [-0.15, -0.1) is 10.2 Å². The van der Waals surface area contributed by atoms with E-state index < -0.39 is 32.8 Å². The van der Waals surface area contributed by atoms with E-state index in [2.05, 4.69) is 10.2 Å². The van der Waals surface area contributed by atoms with E-state index in [-0.39, 0.29) is 10.1 Å². The summed E-state index contributed by atoms with van der Waals surface area (Å²) in [5, 5.41) is 18.4. The second kappa shape index (κ2) is 6.37. The molecule has 0 saturated heterocycles. The van der Waals surface area contributed by atoms with Crippen LogP contribution >= 0.6 is 23.4 Å². The van der Waals surface area contributed by atoms with Gasteiger partial charge < -0.3 is 5.84 Å². The first kappa shape index (κ1) is 19.3. The molecular formula is C13H13ClF3N5O2S. The van der Waals surface area contributed by atoms with Crippen LogP contribution in [0.5, 0.6) is 0 Å². The van der Waals surface area contributed by atoms with E-state index in [0.29, 0.717) is 23.7 Å². The Morgan fingerprint density at radius 1 is 1.28 bits per heavy atom. The fourth-order valence-electron chi connectivity index (χ4n) is 1.94. The van der Waals surface area contributed by atoms with Crippen LogP contribution < -0.4 is 5.84 Å². The molecule has 1 aromatic heterocycles. The van der Waals surface area contributed by atoms with Crippen LogP contribution in [0.2, 0.25) is 5.02 Å². The summed E-state index contributed by atoms with van der Waals surface area (Å²) in [7, 11) is 0. The third-order valence-corrected chi connectivity index (χ3v) is 4.41. The molecule has 7 nitrogen and oxygen atoms in total. The Morgan fingerprint density at radius 2 is 1.88 bits per heavy atom. The molecule has 1 aromatic carbocycles. The first-order valence-electron chi connectivity index (χ1n) is 6.76. The van der Waals surface area contributed by atoms with Crippen molar-refractivity contribution in [1.29, 1.82) is 0 Å². The van der Waals surface area contributed by atoms with E-state index in [1.54, 1.807) is 0 Å². The Balaban J connectivity index is 2.52. The number of hydrogen-bond donors (Lipinski definition) is 1. The molecule has 0 saturated carbocycles. The average Bonchev–Trinajstić information content (AvgIpc) is 2.78. The summed E-state index contributed by atoms with van der Waals surface area (Å²) in [5.74, 6) is 6.30. The Kier molecular flexibility index (Phi) is 4.92. The Labute approximate surface area is 149 Å². The normalized spacial score (nSPS) is 12.4. The lowest BCUT2D eigenvalue weighted by Gasteiger charge is -2.16. The van der Waals surface area contributed by atoms with Gasteiger partial charge in [-0.1, -0.05) is 32.4 Å². The highest BCUT2D eigenvalue weighted by Crippen LogP contribution is 2.42. The smallest absolute Gasteiger partial charge is 0.336 e. The number of aromatic nitrogens is 3. The SMILES string of the molecule is CC(C)(C)c1nnc(Sc2cc(Cl)c(C(F)(F)F)cc2[N+](=O)[O-])n1N. The number of nitrogen functional groups attached to an aromatic ring is 1. The van der Waals surface area contributed by atoms with Gasteiger partial charge in [0.1, 0.15) is 0 Å². The molecule has 0 aliphatic heterocycles. The molecule has 0 fully saturated rings. The number of nitrogens with zero attached hydrogens (tertiary/aromatic N) is 4. The van der Waals surface area contributed by atoms with Crippen molar-refractivity contribution >= 4 is 29.1 Å². The summed E-state index contributed by atoms with van der Waals surface area (Å²) in [5.41, 5.74) is -2.47. The maximum atomic E-state index is 12.9. The lowest BCUT2D eigenvalue weighted by atomic mass is 9.96. The minimum absolute atomic E-state index is 0.0869. The number of hydrogen-bond acceptors (Lipinski definition) is 6. The van der Waals surface area contributed by atoms with Crippen molar-refractivity contribution in [1.82, 2.24) is 14.9 Å². The topological polar surface area (TPSA) is 99.9 Å². The van der Waals surface area contributed by atoms with E-state index in [4.69, 9.17) is 17.4 Å². The summed E-state index contributed by atoms with van der Waals surface area (Å²) in [6.07, 6.45) is -4.81. The number of alkyl halides is 3. The standard InChI is InChI=1S/C13H13ClF3N5O2S/c1-12(2,3)10-19-20-11(21(10)18)25-9-5-7(14)6(13(15,16)17)4-8(9)22(23)24/h4-5H,18H2,1-3H3. The molecule has 0 spiro atoms. The maximum absolute atomic E-state index is 12.9. The molecule has 136 valence electrons. The van der Waals surface area contributed by atoms with E-state index in [1.807, 2.05) is 20.8 Å². The molecule has 0 unspecified atom stereocenters. The molecule has 0 radical (unpaired) electrons. The first-order valence-corrected chi connectivity index (χ1v) is 7.95. The summed E-state index contributed by atoms with van der Waals surface area (Å²) < 4.78 is 39.8. The van der Waals surface area contributed by atoms with Gasteiger partial charge in [0.2, 0.25) is 5.16 Å². The summed E-state index contributed by atoms with van der Waals surface area (Å²) in [6, 6.07) is 1.27. The van der Waals surface area contributed by atoms with Crippen LogP contribution in [-0.4, -0.2) is 19.8 Å². The van der Waals surface area contributed by atoms with Crippen molar-refractivity contribution in [2.75, 3.05) is 5.84 Å². The second-order valence-corrected chi connectivity index (χ2v) is 7.50. The highest BCUT2D eigenvalue weighted by molar-refractivity contribution is 7.99. The van der Waals surface area contributed by atoms with Crippen molar-refractivity contribution in [3.05, 3.63) is 38.7 Å². The summed E-state index contributed by atoms with van der Waals surface area (Å²) in [4.78, 5) is 10.1. The van der Waals surface area contributed by atoms with Gasteiger partial charge in [-0.25, -0.2) is 4.68 Å². The average molecular weight is 396 g/mol. The van der Waals surface area contributed by atoms with Crippen LogP contribution in [0.4, 0.5) is 18.9 Å². The van der Waals surface area contributed by atoms with Crippen LogP contribution in [-0.2, 0) is 11.6 Å². The third kappa shape index (κ3) is 3.98. The molecule has 0 aliphatic rings. The van der Waals surface area contributed by atoms with Crippen molar-refractivity contribution in [2.45, 2.75) is 42.4 Å². The zero-order chi connectivity index (χ0) is 19.2. The Morgan fingerprint density at radius 3 is 2.32 bits per heavy atom. The molecule has 12 heteroatoms. The molecule has 2 aromatic rings. The van der Waals surface area contributed by atoms with Crippen molar-refractivity contribution in [2.24, 2.45) is 0 Å². The van der Waals surface area contributed by atoms with Gasteiger partial charge in [0, 0.05) is 11.5 Å². The number of rotatable bonds is 3. The van der Waals surface area contributed by atoms with Crippen LogP contribution in [0.15, 0.2) is 22.2 Å². The van der Waals surface area contributed by atoms with Crippen LogP contribution in [0.25, 0.3) is 0 Å². The molecular weight excluding hydrogens is 383 g/mol. The maximum Gasteiger partial charge on any atom is 0.418 e. The molecule has 0 atom stereocenters. The fourth-order valence-corrected chi connectivity index (χ4v) is 3.16. The molecule has 0 aliphatic carbocycles. The Hall–Kier alpha value is -2.01. The number of nitro benzene ring substituents is 1. The highest BCUT2D eigenvalue weighted by Gasteiger charge is 2.36. The van der Waals surface area contributed by atoms with E-state index >= 15 is 0 Å². The van der Waals surface area contributed by atoms with E-state index in [0.717, 1.165) is 10.7 Å². The van der Waals surface area contributed by atoms with E-state index in [9.17, 15) is 23.3 Å². The Bertz CT molecular complexity index is 832. The first-order chi connectivity index (χ1) is 11.3. The van der Waals surface area contributed by atoms with Crippen molar-refractivity contribution < 1.29 is 18.1 Å². The summed E-state index contributed by atoms with van der Waals surface area (Å²) >= 11 is 6.35. The van der Waals surface area contributed by atoms with Crippen LogP contribution in [0.1, 0.15) is 32.2 Å². The van der Waals surface area contributed by atoms with Crippen molar-refractivity contribution in [3.8, 4) is 0 Å². The van der Waals surface area contributed by atoms with Crippen LogP contribution in [0, 0.1) is 10.1 Å². The fraction of sp³-hybridized carbons (Fsp3) is 0.385. The quantitative estimate of drug-likeness (QED) is 0.478. The molecule has 0 bridgehead atoms. The number of benzene rings is 1. The lowest BCUT2D eigenvalue weighted by molar-refractivity contribution is -0.388. The van der Waals surface area contributed by atoms with Crippen molar-refractivity contribution in [3.63, 3.8) is 0 Å². The minimum Gasteiger partial charge on any atom is -0.336 e.